The van der Waals surface area contributed by atoms with Crippen molar-refractivity contribution >= 4 is 15.7 Å². The number of benzene rings is 1. The van der Waals surface area contributed by atoms with Crippen LogP contribution < -0.4 is 0 Å². The van der Waals surface area contributed by atoms with E-state index in [0.29, 0.717) is 13.1 Å². The van der Waals surface area contributed by atoms with Crippen molar-refractivity contribution in [1.82, 2.24) is 9.80 Å². The molecule has 0 aromatic heterocycles. The SMILES string of the molecule is CC(C)=CCN1CCN(C(=O)C(C)(C)c2ccccc2)[C@@H]2CS(=O)(=O)C[C@@H]21. The van der Waals surface area contributed by atoms with Gasteiger partial charge in [-0.1, -0.05) is 42.0 Å². The lowest BCUT2D eigenvalue weighted by Crippen LogP contribution is -2.62. The Morgan fingerprint density at radius 3 is 2.37 bits per heavy atom. The zero-order chi connectivity index (χ0) is 19.8. The van der Waals surface area contributed by atoms with E-state index in [1.165, 1.54) is 5.57 Å². The molecule has 0 N–H and O–H groups in total. The fourth-order valence-electron chi connectivity index (χ4n) is 4.14. The molecule has 6 heteroatoms. The van der Waals surface area contributed by atoms with Crippen molar-refractivity contribution in [2.24, 2.45) is 0 Å². The van der Waals surface area contributed by atoms with Gasteiger partial charge in [0, 0.05) is 25.7 Å². The minimum atomic E-state index is -3.13. The summed E-state index contributed by atoms with van der Waals surface area (Å²) >= 11 is 0. The molecular weight excluding hydrogens is 360 g/mol. The Kier molecular flexibility index (Phi) is 5.50. The molecule has 2 aliphatic rings. The molecule has 2 fully saturated rings. The molecule has 0 unspecified atom stereocenters. The summed E-state index contributed by atoms with van der Waals surface area (Å²) in [5.41, 5.74) is 1.50. The molecule has 0 aliphatic carbocycles. The van der Waals surface area contributed by atoms with Crippen LogP contribution in [0.2, 0.25) is 0 Å². The van der Waals surface area contributed by atoms with E-state index >= 15 is 0 Å². The predicted octanol–water partition coefficient (Wildman–Crippen LogP) is 2.24. The summed E-state index contributed by atoms with van der Waals surface area (Å²) in [6, 6.07) is 9.36. The highest BCUT2D eigenvalue weighted by Gasteiger charge is 2.49. The van der Waals surface area contributed by atoms with Crippen LogP contribution in [0.1, 0.15) is 33.3 Å². The Labute approximate surface area is 163 Å². The third-order valence-electron chi connectivity index (χ3n) is 5.82. The van der Waals surface area contributed by atoms with Crippen LogP contribution in [0.3, 0.4) is 0 Å². The number of sulfone groups is 1. The topological polar surface area (TPSA) is 57.7 Å². The largest absolute Gasteiger partial charge is 0.335 e. The maximum Gasteiger partial charge on any atom is 0.233 e. The highest BCUT2D eigenvalue weighted by atomic mass is 32.2. The lowest BCUT2D eigenvalue weighted by atomic mass is 9.82. The van der Waals surface area contributed by atoms with E-state index in [9.17, 15) is 13.2 Å². The molecule has 2 saturated heterocycles. The molecule has 1 aromatic rings. The van der Waals surface area contributed by atoms with Gasteiger partial charge in [0.2, 0.25) is 5.91 Å². The monoisotopic (exact) mass is 390 g/mol. The highest BCUT2D eigenvalue weighted by Crippen LogP contribution is 2.32. The van der Waals surface area contributed by atoms with E-state index in [1.807, 2.05) is 62.9 Å². The first kappa shape index (κ1) is 20.1. The standard InChI is InChI=1S/C21H30N2O3S/c1-16(2)10-11-22-12-13-23(19-15-27(25,26)14-18(19)22)20(24)21(3,4)17-8-6-5-7-9-17/h5-10,18-19H,11-15H2,1-4H3/t18-,19+/m0/s1. The van der Waals surface area contributed by atoms with Crippen molar-refractivity contribution in [1.29, 1.82) is 0 Å². The molecule has 0 radical (unpaired) electrons. The smallest absolute Gasteiger partial charge is 0.233 e. The normalized spacial score (nSPS) is 25.1. The van der Waals surface area contributed by atoms with Crippen molar-refractivity contribution in [3.8, 4) is 0 Å². The van der Waals surface area contributed by atoms with Crippen molar-refractivity contribution in [2.75, 3.05) is 31.1 Å². The van der Waals surface area contributed by atoms with Crippen LogP contribution in [0.4, 0.5) is 0 Å². The van der Waals surface area contributed by atoms with E-state index in [1.54, 1.807) is 0 Å². The van der Waals surface area contributed by atoms with E-state index < -0.39 is 15.3 Å². The van der Waals surface area contributed by atoms with E-state index in [2.05, 4.69) is 11.0 Å². The molecule has 2 atom stereocenters. The summed E-state index contributed by atoms with van der Waals surface area (Å²) in [6.07, 6.45) is 2.13. The Hall–Kier alpha value is -1.66. The second kappa shape index (κ2) is 7.40. The van der Waals surface area contributed by atoms with Gasteiger partial charge in [-0.15, -0.1) is 0 Å². The summed E-state index contributed by atoms with van der Waals surface area (Å²) in [6.45, 7) is 9.97. The van der Waals surface area contributed by atoms with Crippen LogP contribution in [0.15, 0.2) is 42.0 Å². The third kappa shape index (κ3) is 4.11. The summed E-state index contributed by atoms with van der Waals surface area (Å²) in [7, 11) is -3.13. The number of hydrogen-bond acceptors (Lipinski definition) is 4. The predicted molar refractivity (Wildman–Crippen MR) is 108 cm³/mol. The summed E-state index contributed by atoms with van der Waals surface area (Å²) in [4.78, 5) is 17.5. The Morgan fingerprint density at radius 2 is 1.74 bits per heavy atom. The molecule has 3 rings (SSSR count). The Balaban J connectivity index is 1.87. The molecule has 1 amide bonds. The van der Waals surface area contributed by atoms with Crippen molar-refractivity contribution in [3.05, 3.63) is 47.5 Å². The van der Waals surface area contributed by atoms with Crippen LogP contribution in [0.5, 0.6) is 0 Å². The number of piperazine rings is 1. The third-order valence-corrected chi connectivity index (χ3v) is 7.51. The first-order chi connectivity index (χ1) is 12.6. The first-order valence-corrected chi connectivity index (χ1v) is 11.4. The molecule has 0 saturated carbocycles. The van der Waals surface area contributed by atoms with Gasteiger partial charge in [0.15, 0.2) is 9.84 Å². The zero-order valence-corrected chi connectivity index (χ0v) is 17.5. The van der Waals surface area contributed by atoms with Crippen molar-refractivity contribution < 1.29 is 13.2 Å². The summed E-state index contributed by atoms with van der Waals surface area (Å²) < 4.78 is 24.8. The van der Waals surface area contributed by atoms with Crippen LogP contribution in [-0.2, 0) is 20.0 Å². The fourth-order valence-corrected chi connectivity index (χ4v) is 6.15. The summed E-state index contributed by atoms with van der Waals surface area (Å²) in [5, 5.41) is 0. The van der Waals surface area contributed by atoms with Gasteiger partial charge in [0.05, 0.1) is 23.0 Å². The van der Waals surface area contributed by atoms with E-state index in [0.717, 1.165) is 12.1 Å². The van der Waals surface area contributed by atoms with E-state index in [4.69, 9.17) is 0 Å². The molecule has 0 bridgehead atoms. The maximum absolute atomic E-state index is 13.4. The minimum Gasteiger partial charge on any atom is -0.335 e. The summed E-state index contributed by atoms with van der Waals surface area (Å²) in [5.74, 6) is 0.228. The maximum atomic E-state index is 13.4. The molecule has 148 valence electrons. The van der Waals surface area contributed by atoms with Gasteiger partial charge >= 0.3 is 0 Å². The second-order valence-corrected chi connectivity index (χ2v) is 10.6. The number of nitrogens with zero attached hydrogens (tertiary/aromatic N) is 2. The molecule has 0 spiro atoms. The van der Waals surface area contributed by atoms with Gasteiger partial charge in [-0.3, -0.25) is 9.69 Å². The lowest BCUT2D eigenvalue weighted by molar-refractivity contribution is -0.142. The molecule has 2 aliphatic heterocycles. The number of allylic oxidation sites excluding steroid dienone is 1. The minimum absolute atomic E-state index is 0.0164. The number of carbonyl (C=O) groups is 1. The number of fused-ring (bicyclic) bond motifs is 1. The number of rotatable bonds is 4. The van der Waals surface area contributed by atoms with Crippen LogP contribution in [0, 0.1) is 0 Å². The number of hydrogen-bond donors (Lipinski definition) is 0. The lowest BCUT2D eigenvalue weighted by Gasteiger charge is -2.46. The molecule has 1 aromatic carbocycles. The molecule has 27 heavy (non-hydrogen) atoms. The van der Waals surface area contributed by atoms with Gasteiger partial charge in [-0.2, -0.15) is 0 Å². The van der Waals surface area contributed by atoms with Gasteiger partial charge in [0.1, 0.15) is 0 Å². The average Bonchev–Trinajstić information content (AvgIpc) is 2.94. The van der Waals surface area contributed by atoms with Crippen molar-refractivity contribution in [3.63, 3.8) is 0 Å². The molecule has 5 nitrogen and oxygen atoms in total. The first-order valence-electron chi connectivity index (χ1n) is 9.56. The fraction of sp³-hybridized carbons (Fsp3) is 0.571. The van der Waals surface area contributed by atoms with Crippen molar-refractivity contribution in [2.45, 2.75) is 45.2 Å². The van der Waals surface area contributed by atoms with Gasteiger partial charge in [-0.25, -0.2) is 8.42 Å². The Bertz CT molecular complexity index is 826. The number of carbonyl (C=O) groups excluding carboxylic acids is 1. The molecular formula is C21H30N2O3S. The van der Waals surface area contributed by atoms with Gasteiger partial charge in [-0.05, 0) is 33.3 Å². The van der Waals surface area contributed by atoms with Gasteiger partial charge in [0.25, 0.3) is 0 Å². The zero-order valence-electron chi connectivity index (χ0n) is 16.7. The number of amides is 1. The second-order valence-electron chi connectivity index (χ2n) is 8.48. The van der Waals surface area contributed by atoms with Crippen LogP contribution in [0.25, 0.3) is 0 Å². The Morgan fingerprint density at radius 1 is 1.11 bits per heavy atom. The van der Waals surface area contributed by atoms with E-state index in [-0.39, 0.29) is 29.5 Å². The van der Waals surface area contributed by atoms with Gasteiger partial charge < -0.3 is 4.90 Å². The van der Waals surface area contributed by atoms with Crippen LogP contribution >= 0.6 is 0 Å². The van der Waals surface area contributed by atoms with Crippen LogP contribution in [-0.4, -0.2) is 67.3 Å². The quantitative estimate of drug-likeness (QED) is 0.740. The average molecular weight is 391 g/mol. The molecule has 2 heterocycles. The highest BCUT2D eigenvalue weighted by molar-refractivity contribution is 7.91.